The van der Waals surface area contributed by atoms with Crippen LogP contribution in [0.3, 0.4) is 0 Å². The van der Waals surface area contributed by atoms with Gasteiger partial charge >= 0.3 is 0 Å². The highest BCUT2D eigenvalue weighted by Gasteiger charge is 2.14. The van der Waals surface area contributed by atoms with Crippen molar-refractivity contribution >= 4 is 17.4 Å². The Balaban J connectivity index is 1.79. The molecule has 0 atom stereocenters. The first-order valence-electron chi connectivity index (χ1n) is 6.44. The number of benzene rings is 1. The molecule has 1 aliphatic rings. The second-order valence-corrected chi connectivity index (χ2v) is 4.80. The average Bonchev–Trinajstić information content (AvgIpc) is 3.01. The number of pyridine rings is 1. The fourth-order valence-corrected chi connectivity index (χ4v) is 2.22. The summed E-state index contributed by atoms with van der Waals surface area (Å²) >= 11 is 6.12. The molecule has 2 aromatic rings. The maximum atomic E-state index is 6.12. The number of aromatic nitrogens is 1. The van der Waals surface area contributed by atoms with E-state index >= 15 is 0 Å². The van der Waals surface area contributed by atoms with E-state index in [1.165, 1.54) is 0 Å². The summed E-state index contributed by atoms with van der Waals surface area (Å²) in [6, 6.07) is 11.5. The number of amidine groups is 1. The second-order valence-electron chi connectivity index (χ2n) is 4.39. The molecule has 3 rings (SSSR count). The van der Waals surface area contributed by atoms with Gasteiger partial charge in [-0.2, -0.15) is 0 Å². The van der Waals surface area contributed by atoms with Gasteiger partial charge in [0.15, 0.2) is 0 Å². The van der Waals surface area contributed by atoms with Gasteiger partial charge in [-0.1, -0.05) is 29.8 Å². The topological polar surface area (TPSA) is 46.5 Å². The third kappa shape index (κ3) is 2.75. The van der Waals surface area contributed by atoms with Crippen LogP contribution >= 0.6 is 11.6 Å². The van der Waals surface area contributed by atoms with Crippen LogP contribution in [0.2, 0.25) is 5.02 Å². The first kappa shape index (κ1) is 12.9. The van der Waals surface area contributed by atoms with Crippen molar-refractivity contribution in [1.82, 2.24) is 10.3 Å². The van der Waals surface area contributed by atoms with Crippen LogP contribution in [0.15, 0.2) is 47.6 Å². The molecule has 1 aromatic carbocycles. The van der Waals surface area contributed by atoms with Crippen LogP contribution in [0.5, 0.6) is 5.88 Å². The van der Waals surface area contributed by atoms with Crippen LogP contribution in [0.4, 0.5) is 0 Å². The van der Waals surface area contributed by atoms with Crippen LogP contribution in [0, 0.1) is 0 Å². The smallest absolute Gasteiger partial charge is 0.224 e. The Labute approximate surface area is 122 Å². The fraction of sp³-hybridized carbons (Fsp3) is 0.200. The van der Waals surface area contributed by atoms with E-state index in [0.717, 1.165) is 30.1 Å². The van der Waals surface area contributed by atoms with Crippen molar-refractivity contribution in [2.24, 2.45) is 4.99 Å². The normalized spacial score (nSPS) is 13.8. The predicted molar refractivity (Wildman–Crippen MR) is 79.4 cm³/mol. The number of hydrogen-bond acceptors (Lipinski definition) is 4. The third-order valence-electron chi connectivity index (χ3n) is 3.02. The van der Waals surface area contributed by atoms with Crippen LogP contribution in [0.25, 0.3) is 0 Å². The Morgan fingerprint density at radius 3 is 2.90 bits per heavy atom. The summed E-state index contributed by atoms with van der Waals surface area (Å²) in [5.74, 6) is 1.41. The van der Waals surface area contributed by atoms with Crippen molar-refractivity contribution in [1.29, 1.82) is 0 Å². The van der Waals surface area contributed by atoms with Gasteiger partial charge in [0.1, 0.15) is 12.4 Å². The predicted octanol–water partition coefficient (Wildman–Crippen LogP) is 2.66. The van der Waals surface area contributed by atoms with E-state index in [2.05, 4.69) is 15.3 Å². The molecule has 20 heavy (non-hydrogen) atoms. The average molecular weight is 288 g/mol. The van der Waals surface area contributed by atoms with Gasteiger partial charge in [0.25, 0.3) is 0 Å². The standard InChI is InChI=1S/C15H14ClN3O/c16-13-6-2-1-4-11(13)10-20-15-12(5-3-7-19-15)14-17-8-9-18-14/h1-7H,8-10H2,(H,17,18). The first-order valence-corrected chi connectivity index (χ1v) is 6.82. The van der Waals surface area contributed by atoms with Crippen molar-refractivity contribution in [2.45, 2.75) is 6.61 Å². The number of nitrogens with zero attached hydrogens (tertiary/aromatic N) is 2. The minimum Gasteiger partial charge on any atom is -0.472 e. The summed E-state index contributed by atoms with van der Waals surface area (Å²) in [7, 11) is 0. The Morgan fingerprint density at radius 2 is 2.10 bits per heavy atom. The molecule has 1 aromatic heterocycles. The molecule has 0 bridgehead atoms. The van der Waals surface area contributed by atoms with E-state index in [1.54, 1.807) is 6.20 Å². The fourth-order valence-electron chi connectivity index (χ4n) is 2.03. The summed E-state index contributed by atoms with van der Waals surface area (Å²) in [5.41, 5.74) is 1.82. The lowest BCUT2D eigenvalue weighted by atomic mass is 10.2. The van der Waals surface area contributed by atoms with E-state index < -0.39 is 0 Å². The van der Waals surface area contributed by atoms with Gasteiger partial charge in [0.05, 0.1) is 12.1 Å². The maximum Gasteiger partial charge on any atom is 0.224 e. The van der Waals surface area contributed by atoms with Gasteiger partial charge in [0, 0.05) is 23.3 Å². The molecule has 4 nitrogen and oxygen atoms in total. The van der Waals surface area contributed by atoms with Crippen molar-refractivity contribution in [3.05, 3.63) is 58.7 Å². The number of aliphatic imine (C=N–C) groups is 1. The van der Waals surface area contributed by atoms with Crippen LogP contribution < -0.4 is 10.1 Å². The van der Waals surface area contributed by atoms with Gasteiger partial charge < -0.3 is 10.1 Å². The quantitative estimate of drug-likeness (QED) is 0.940. The molecule has 0 fully saturated rings. The van der Waals surface area contributed by atoms with E-state index in [1.807, 2.05) is 36.4 Å². The van der Waals surface area contributed by atoms with E-state index in [0.29, 0.717) is 17.5 Å². The van der Waals surface area contributed by atoms with Gasteiger partial charge in [0.2, 0.25) is 5.88 Å². The molecule has 0 saturated heterocycles. The van der Waals surface area contributed by atoms with E-state index in [9.17, 15) is 0 Å². The highest BCUT2D eigenvalue weighted by Crippen LogP contribution is 2.20. The molecular formula is C15H14ClN3O. The lowest BCUT2D eigenvalue weighted by molar-refractivity contribution is 0.293. The Hall–Kier alpha value is -2.07. The molecule has 1 aliphatic heterocycles. The SMILES string of the molecule is Clc1ccccc1COc1ncccc1C1=NCCN1. The monoisotopic (exact) mass is 287 g/mol. The zero-order chi connectivity index (χ0) is 13.8. The highest BCUT2D eigenvalue weighted by molar-refractivity contribution is 6.31. The van der Waals surface area contributed by atoms with Gasteiger partial charge in [-0.15, -0.1) is 0 Å². The van der Waals surface area contributed by atoms with Crippen LogP contribution in [-0.4, -0.2) is 23.9 Å². The van der Waals surface area contributed by atoms with Gasteiger partial charge in [-0.3, -0.25) is 4.99 Å². The Morgan fingerprint density at radius 1 is 1.20 bits per heavy atom. The molecule has 0 unspecified atom stereocenters. The molecule has 0 saturated carbocycles. The van der Waals surface area contributed by atoms with Gasteiger partial charge in [-0.05, 0) is 18.2 Å². The Bertz CT molecular complexity index is 643. The van der Waals surface area contributed by atoms with E-state index in [-0.39, 0.29) is 0 Å². The zero-order valence-corrected chi connectivity index (χ0v) is 11.6. The summed E-state index contributed by atoms with van der Waals surface area (Å²) < 4.78 is 5.80. The lowest BCUT2D eigenvalue weighted by Crippen LogP contribution is -2.20. The largest absolute Gasteiger partial charge is 0.472 e. The minimum atomic E-state index is 0.386. The zero-order valence-electron chi connectivity index (χ0n) is 10.8. The van der Waals surface area contributed by atoms with Crippen molar-refractivity contribution < 1.29 is 4.74 Å². The number of halogens is 1. The molecule has 0 radical (unpaired) electrons. The summed E-state index contributed by atoms with van der Waals surface area (Å²) in [6.45, 7) is 2.03. The van der Waals surface area contributed by atoms with Crippen molar-refractivity contribution in [3.63, 3.8) is 0 Å². The van der Waals surface area contributed by atoms with Crippen LogP contribution in [0.1, 0.15) is 11.1 Å². The third-order valence-corrected chi connectivity index (χ3v) is 3.39. The molecule has 0 aliphatic carbocycles. The molecular weight excluding hydrogens is 274 g/mol. The number of rotatable bonds is 4. The molecule has 0 amide bonds. The van der Waals surface area contributed by atoms with Crippen LogP contribution in [-0.2, 0) is 6.61 Å². The van der Waals surface area contributed by atoms with E-state index in [4.69, 9.17) is 16.3 Å². The minimum absolute atomic E-state index is 0.386. The van der Waals surface area contributed by atoms with Crippen molar-refractivity contribution in [3.8, 4) is 5.88 Å². The maximum absolute atomic E-state index is 6.12. The summed E-state index contributed by atoms with van der Waals surface area (Å²) in [6.07, 6.45) is 1.71. The van der Waals surface area contributed by atoms with Gasteiger partial charge in [-0.25, -0.2) is 4.98 Å². The molecule has 1 N–H and O–H groups in total. The Kier molecular flexibility index (Phi) is 3.83. The molecule has 102 valence electrons. The second kappa shape index (κ2) is 5.92. The first-order chi connectivity index (χ1) is 9.84. The highest BCUT2D eigenvalue weighted by atomic mass is 35.5. The summed E-state index contributed by atoms with van der Waals surface area (Å²) in [4.78, 5) is 8.68. The lowest BCUT2D eigenvalue weighted by Gasteiger charge is -2.11. The number of nitrogens with one attached hydrogen (secondary N) is 1. The summed E-state index contributed by atoms with van der Waals surface area (Å²) in [5, 5.41) is 3.92. The van der Waals surface area contributed by atoms with Crippen molar-refractivity contribution in [2.75, 3.05) is 13.1 Å². The molecule has 5 heteroatoms. The molecule has 0 spiro atoms. The molecule has 2 heterocycles. The number of hydrogen-bond donors (Lipinski definition) is 1. The number of ether oxygens (including phenoxy) is 1.